The van der Waals surface area contributed by atoms with E-state index in [-0.39, 0.29) is 6.10 Å². The van der Waals surface area contributed by atoms with Crippen molar-refractivity contribution >= 4 is 11.8 Å². The van der Waals surface area contributed by atoms with Gasteiger partial charge in [-0.2, -0.15) is 16.9 Å². The van der Waals surface area contributed by atoms with Crippen molar-refractivity contribution in [3.63, 3.8) is 0 Å². The molecule has 2 unspecified atom stereocenters. The first-order valence-corrected chi connectivity index (χ1v) is 9.07. The van der Waals surface area contributed by atoms with E-state index < -0.39 is 0 Å². The van der Waals surface area contributed by atoms with E-state index in [9.17, 15) is 5.11 Å². The summed E-state index contributed by atoms with van der Waals surface area (Å²) in [7, 11) is 0. The second kappa shape index (κ2) is 8.08. The highest BCUT2D eigenvalue weighted by molar-refractivity contribution is 7.99. The van der Waals surface area contributed by atoms with Crippen LogP contribution in [-0.4, -0.2) is 32.0 Å². The SMILES string of the molecule is CCC(C)SCC(O)Cc1ccn(C2CCCCC2)n1. The molecule has 2 rings (SSSR count). The van der Waals surface area contributed by atoms with E-state index in [1.807, 2.05) is 11.8 Å². The van der Waals surface area contributed by atoms with Crippen molar-refractivity contribution in [2.24, 2.45) is 0 Å². The third kappa shape index (κ3) is 4.81. The van der Waals surface area contributed by atoms with Gasteiger partial charge in [0.25, 0.3) is 0 Å². The summed E-state index contributed by atoms with van der Waals surface area (Å²) in [5, 5.41) is 15.4. The molecule has 2 atom stereocenters. The molecule has 1 aromatic heterocycles. The zero-order valence-corrected chi connectivity index (χ0v) is 13.6. The highest BCUT2D eigenvalue weighted by atomic mass is 32.2. The average Bonchev–Trinajstić information content (AvgIpc) is 2.94. The number of nitrogens with zero attached hydrogens (tertiary/aromatic N) is 2. The minimum atomic E-state index is -0.274. The van der Waals surface area contributed by atoms with Crippen LogP contribution in [0, 0.1) is 0 Å². The Morgan fingerprint density at radius 1 is 1.40 bits per heavy atom. The molecule has 1 fully saturated rings. The minimum Gasteiger partial charge on any atom is -0.392 e. The van der Waals surface area contributed by atoms with Crippen molar-refractivity contribution in [1.29, 1.82) is 0 Å². The fourth-order valence-corrected chi connectivity index (χ4v) is 3.63. The first-order valence-electron chi connectivity index (χ1n) is 8.02. The van der Waals surface area contributed by atoms with Crippen LogP contribution in [0.3, 0.4) is 0 Å². The molecule has 0 radical (unpaired) electrons. The average molecular weight is 296 g/mol. The largest absolute Gasteiger partial charge is 0.392 e. The molecule has 114 valence electrons. The van der Waals surface area contributed by atoms with Crippen molar-refractivity contribution in [1.82, 2.24) is 9.78 Å². The number of rotatable bonds is 7. The van der Waals surface area contributed by atoms with Crippen molar-refractivity contribution in [3.05, 3.63) is 18.0 Å². The number of hydrogen-bond acceptors (Lipinski definition) is 3. The van der Waals surface area contributed by atoms with E-state index in [1.165, 1.54) is 32.1 Å². The highest BCUT2D eigenvalue weighted by Gasteiger charge is 2.17. The normalized spacial score (nSPS) is 19.9. The van der Waals surface area contributed by atoms with Crippen molar-refractivity contribution in [2.45, 2.75) is 76.2 Å². The Bertz CT molecular complexity index is 388. The lowest BCUT2D eigenvalue weighted by molar-refractivity contribution is 0.198. The van der Waals surface area contributed by atoms with E-state index in [4.69, 9.17) is 0 Å². The molecule has 0 amide bonds. The Kier molecular flexibility index (Phi) is 6.43. The summed E-state index contributed by atoms with van der Waals surface area (Å²) >= 11 is 1.85. The standard InChI is InChI=1S/C16H28N2OS/c1-3-13(2)20-12-16(19)11-14-9-10-18(17-14)15-7-5-4-6-8-15/h9-10,13,15-16,19H,3-8,11-12H2,1-2H3. The Labute approximate surface area is 127 Å². The Hall–Kier alpha value is -0.480. The summed E-state index contributed by atoms with van der Waals surface area (Å²) in [5.41, 5.74) is 1.04. The minimum absolute atomic E-state index is 0.274. The molecule has 1 N–H and O–H groups in total. The maximum atomic E-state index is 10.1. The molecule has 3 nitrogen and oxygen atoms in total. The lowest BCUT2D eigenvalue weighted by atomic mass is 9.96. The van der Waals surface area contributed by atoms with Crippen molar-refractivity contribution in [3.8, 4) is 0 Å². The van der Waals surface area contributed by atoms with E-state index in [2.05, 4.69) is 35.9 Å². The number of hydrogen-bond donors (Lipinski definition) is 1. The molecule has 0 saturated heterocycles. The molecule has 0 aliphatic heterocycles. The number of aliphatic hydroxyl groups is 1. The predicted octanol–water partition coefficient (Wildman–Crippen LogP) is 3.82. The maximum Gasteiger partial charge on any atom is 0.0686 e. The summed E-state index contributed by atoms with van der Waals surface area (Å²) in [6.45, 7) is 4.41. The molecule has 1 aliphatic carbocycles. The quantitative estimate of drug-likeness (QED) is 0.831. The van der Waals surface area contributed by atoms with Crippen LogP contribution < -0.4 is 0 Å². The third-order valence-corrected chi connectivity index (χ3v) is 5.68. The van der Waals surface area contributed by atoms with Crippen LogP contribution in [-0.2, 0) is 6.42 Å². The second-order valence-electron chi connectivity index (χ2n) is 5.99. The lowest BCUT2D eigenvalue weighted by Gasteiger charge is -2.21. The van der Waals surface area contributed by atoms with Crippen LogP contribution in [0.5, 0.6) is 0 Å². The van der Waals surface area contributed by atoms with Gasteiger partial charge in [-0.3, -0.25) is 4.68 Å². The number of aromatic nitrogens is 2. The van der Waals surface area contributed by atoms with Gasteiger partial charge in [-0.15, -0.1) is 0 Å². The molecule has 1 aliphatic rings. The molecular weight excluding hydrogens is 268 g/mol. The van der Waals surface area contributed by atoms with Crippen LogP contribution in [0.15, 0.2) is 12.3 Å². The first-order chi connectivity index (χ1) is 9.69. The predicted molar refractivity (Wildman–Crippen MR) is 86.3 cm³/mol. The monoisotopic (exact) mass is 296 g/mol. The van der Waals surface area contributed by atoms with Gasteiger partial charge in [0, 0.05) is 23.6 Å². The summed E-state index contributed by atoms with van der Waals surface area (Å²) in [4.78, 5) is 0. The molecule has 0 bridgehead atoms. The van der Waals surface area contributed by atoms with Crippen molar-refractivity contribution in [2.75, 3.05) is 5.75 Å². The van der Waals surface area contributed by atoms with Crippen LogP contribution in [0.2, 0.25) is 0 Å². The van der Waals surface area contributed by atoms with Crippen LogP contribution in [0.25, 0.3) is 0 Å². The smallest absolute Gasteiger partial charge is 0.0686 e. The highest BCUT2D eigenvalue weighted by Crippen LogP contribution is 2.27. The molecule has 0 spiro atoms. The fourth-order valence-electron chi connectivity index (χ4n) is 2.73. The second-order valence-corrected chi connectivity index (χ2v) is 7.46. The molecule has 1 saturated carbocycles. The molecular formula is C16H28N2OS. The van der Waals surface area contributed by atoms with E-state index in [0.717, 1.165) is 17.9 Å². The number of aliphatic hydroxyl groups excluding tert-OH is 1. The zero-order valence-electron chi connectivity index (χ0n) is 12.8. The third-order valence-electron chi connectivity index (χ3n) is 4.21. The zero-order chi connectivity index (χ0) is 14.4. The van der Waals surface area contributed by atoms with E-state index >= 15 is 0 Å². The summed E-state index contributed by atoms with van der Waals surface area (Å²) < 4.78 is 2.13. The van der Waals surface area contributed by atoms with Gasteiger partial charge < -0.3 is 5.11 Å². The summed E-state index contributed by atoms with van der Waals surface area (Å²) in [6.07, 6.45) is 10.2. The maximum absolute atomic E-state index is 10.1. The van der Waals surface area contributed by atoms with Gasteiger partial charge in [0.1, 0.15) is 0 Å². The molecule has 20 heavy (non-hydrogen) atoms. The molecule has 0 aromatic carbocycles. The molecule has 1 heterocycles. The van der Waals surface area contributed by atoms with Gasteiger partial charge in [-0.05, 0) is 25.3 Å². The summed E-state index contributed by atoms with van der Waals surface area (Å²) in [6, 6.07) is 2.66. The Morgan fingerprint density at radius 2 is 2.15 bits per heavy atom. The van der Waals surface area contributed by atoms with Crippen LogP contribution in [0.4, 0.5) is 0 Å². The number of thioether (sulfide) groups is 1. The van der Waals surface area contributed by atoms with Crippen LogP contribution >= 0.6 is 11.8 Å². The topological polar surface area (TPSA) is 38.0 Å². The van der Waals surface area contributed by atoms with Gasteiger partial charge in [-0.25, -0.2) is 0 Å². The van der Waals surface area contributed by atoms with Gasteiger partial charge in [-0.1, -0.05) is 33.1 Å². The van der Waals surface area contributed by atoms with Gasteiger partial charge in [0.15, 0.2) is 0 Å². The van der Waals surface area contributed by atoms with Crippen LogP contribution in [0.1, 0.15) is 64.1 Å². The Balaban J connectivity index is 1.79. The van der Waals surface area contributed by atoms with Gasteiger partial charge >= 0.3 is 0 Å². The Morgan fingerprint density at radius 3 is 2.85 bits per heavy atom. The lowest BCUT2D eigenvalue weighted by Crippen LogP contribution is -2.17. The fraction of sp³-hybridized carbons (Fsp3) is 0.812. The molecule has 4 heteroatoms. The van der Waals surface area contributed by atoms with Gasteiger partial charge in [0.05, 0.1) is 17.8 Å². The van der Waals surface area contributed by atoms with E-state index in [1.54, 1.807) is 0 Å². The summed E-state index contributed by atoms with van der Waals surface area (Å²) in [5.74, 6) is 0.811. The molecule has 1 aromatic rings. The van der Waals surface area contributed by atoms with Gasteiger partial charge in [0.2, 0.25) is 0 Å². The first kappa shape index (κ1) is 15.9. The van der Waals surface area contributed by atoms with Crippen molar-refractivity contribution < 1.29 is 5.11 Å². The van der Waals surface area contributed by atoms with E-state index in [0.29, 0.717) is 17.7 Å².